The maximum atomic E-state index is 11.5. The standard InChI is InChI=1S/C23H18N2O3/c1-17-7-10-20(11-8-17)21(15-24)13-19-9-12-23(22(14-19)25(26)27)28-16-18-5-3-2-4-6-18/h2-14H,16H2,1H3/b21-13-. The second kappa shape index (κ2) is 8.65. The van der Waals surface area contributed by atoms with Crippen molar-refractivity contribution in [1.29, 1.82) is 5.26 Å². The first kappa shape index (κ1) is 18.9. The number of ether oxygens (including phenoxy) is 1. The molecule has 28 heavy (non-hydrogen) atoms. The Morgan fingerprint density at radius 3 is 2.46 bits per heavy atom. The van der Waals surface area contributed by atoms with Gasteiger partial charge in [0.1, 0.15) is 6.61 Å². The van der Waals surface area contributed by atoms with E-state index < -0.39 is 4.92 Å². The first-order valence-electron chi connectivity index (χ1n) is 8.71. The number of allylic oxidation sites excluding steroid dienone is 1. The lowest BCUT2D eigenvalue weighted by atomic mass is 10.0. The molecule has 5 nitrogen and oxygen atoms in total. The van der Waals surface area contributed by atoms with Gasteiger partial charge in [-0.15, -0.1) is 0 Å². The number of nitrogens with zero attached hydrogens (tertiary/aromatic N) is 2. The van der Waals surface area contributed by atoms with E-state index in [1.165, 1.54) is 6.07 Å². The Morgan fingerprint density at radius 2 is 1.82 bits per heavy atom. The van der Waals surface area contributed by atoms with Crippen LogP contribution in [0.2, 0.25) is 0 Å². The molecule has 0 aromatic heterocycles. The molecule has 0 bridgehead atoms. The van der Waals surface area contributed by atoms with E-state index in [2.05, 4.69) is 6.07 Å². The number of nitro groups is 1. The van der Waals surface area contributed by atoms with Crippen LogP contribution in [-0.4, -0.2) is 4.92 Å². The van der Waals surface area contributed by atoms with E-state index in [1.807, 2.05) is 61.5 Å². The number of benzene rings is 3. The minimum Gasteiger partial charge on any atom is -0.482 e. The highest BCUT2D eigenvalue weighted by Crippen LogP contribution is 2.30. The van der Waals surface area contributed by atoms with Crippen molar-refractivity contribution in [1.82, 2.24) is 0 Å². The normalized spacial score (nSPS) is 10.9. The van der Waals surface area contributed by atoms with Crippen LogP contribution in [0.3, 0.4) is 0 Å². The minimum atomic E-state index is -0.477. The fourth-order valence-electron chi connectivity index (χ4n) is 2.70. The van der Waals surface area contributed by atoms with E-state index in [9.17, 15) is 15.4 Å². The highest BCUT2D eigenvalue weighted by molar-refractivity contribution is 5.90. The average Bonchev–Trinajstić information content (AvgIpc) is 2.72. The highest BCUT2D eigenvalue weighted by Gasteiger charge is 2.16. The van der Waals surface area contributed by atoms with Gasteiger partial charge in [-0.2, -0.15) is 5.26 Å². The van der Waals surface area contributed by atoms with Crippen LogP contribution in [0.25, 0.3) is 11.6 Å². The second-order valence-electron chi connectivity index (χ2n) is 6.29. The van der Waals surface area contributed by atoms with Gasteiger partial charge in [-0.3, -0.25) is 10.1 Å². The molecule has 0 saturated heterocycles. The average molecular weight is 370 g/mol. The summed E-state index contributed by atoms with van der Waals surface area (Å²) in [6.45, 7) is 2.21. The third-order valence-electron chi connectivity index (χ3n) is 4.21. The van der Waals surface area contributed by atoms with Crippen LogP contribution in [0.15, 0.2) is 72.8 Å². The molecule has 0 aliphatic rings. The Balaban J connectivity index is 1.88. The zero-order valence-electron chi connectivity index (χ0n) is 15.3. The van der Waals surface area contributed by atoms with Crippen LogP contribution in [0.4, 0.5) is 5.69 Å². The molecule has 0 radical (unpaired) electrons. The summed E-state index contributed by atoms with van der Waals surface area (Å²) in [6.07, 6.45) is 1.64. The van der Waals surface area contributed by atoms with E-state index in [0.29, 0.717) is 11.1 Å². The fourth-order valence-corrected chi connectivity index (χ4v) is 2.70. The smallest absolute Gasteiger partial charge is 0.311 e. The maximum Gasteiger partial charge on any atom is 0.311 e. The van der Waals surface area contributed by atoms with Gasteiger partial charge < -0.3 is 4.74 Å². The quantitative estimate of drug-likeness (QED) is 0.247. The molecule has 138 valence electrons. The van der Waals surface area contributed by atoms with Gasteiger partial charge in [0.05, 0.1) is 16.6 Å². The molecular weight excluding hydrogens is 352 g/mol. The summed E-state index contributed by atoms with van der Waals surface area (Å²) in [4.78, 5) is 11.0. The zero-order chi connectivity index (χ0) is 19.9. The van der Waals surface area contributed by atoms with Crippen molar-refractivity contribution in [2.45, 2.75) is 13.5 Å². The van der Waals surface area contributed by atoms with Gasteiger partial charge in [0, 0.05) is 6.07 Å². The summed E-state index contributed by atoms with van der Waals surface area (Å²) in [6, 6.07) is 23.9. The Morgan fingerprint density at radius 1 is 1.11 bits per heavy atom. The third-order valence-corrected chi connectivity index (χ3v) is 4.21. The van der Waals surface area contributed by atoms with Gasteiger partial charge in [-0.1, -0.05) is 66.2 Å². The van der Waals surface area contributed by atoms with Crippen molar-refractivity contribution in [2.24, 2.45) is 0 Å². The van der Waals surface area contributed by atoms with E-state index >= 15 is 0 Å². The highest BCUT2D eigenvalue weighted by atomic mass is 16.6. The molecular formula is C23H18N2O3. The van der Waals surface area contributed by atoms with Crippen molar-refractivity contribution in [3.8, 4) is 11.8 Å². The summed E-state index contributed by atoms with van der Waals surface area (Å²) in [7, 11) is 0. The van der Waals surface area contributed by atoms with Crippen molar-refractivity contribution < 1.29 is 9.66 Å². The van der Waals surface area contributed by atoms with Gasteiger partial charge in [-0.25, -0.2) is 0 Å². The van der Waals surface area contributed by atoms with Crippen LogP contribution < -0.4 is 4.74 Å². The monoisotopic (exact) mass is 370 g/mol. The lowest BCUT2D eigenvalue weighted by molar-refractivity contribution is -0.386. The SMILES string of the molecule is Cc1ccc(/C(C#N)=C\c2ccc(OCc3ccccc3)c([N+](=O)[O-])c2)cc1. The zero-order valence-corrected chi connectivity index (χ0v) is 15.3. The lowest BCUT2D eigenvalue weighted by Crippen LogP contribution is -1.99. The van der Waals surface area contributed by atoms with Crippen LogP contribution in [0.1, 0.15) is 22.3 Å². The first-order chi connectivity index (χ1) is 13.6. The van der Waals surface area contributed by atoms with E-state index in [1.54, 1.807) is 18.2 Å². The van der Waals surface area contributed by atoms with Crippen molar-refractivity contribution in [2.75, 3.05) is 0 Å². The molecule has 0 atom stereocenters. The molecule has 0 aliphatic heterocycles. The molecule has 3 rings (SSSR count). The molecule has 0 fully saturated rings. The fraction of sp³-hybridized carbons (Fsp3) is 0.0870. The van der Waals surface area contributed by atoms with E-state index in [4.69, 9.17) is 4.74 Å². The molecule has 3 aromatic rings. The van der Waals surface area contributed by atoms with Gasteiger partial charge in [0.25, 0.3) is 0 Å². The molecule has 0 heterocycles. The van der Waals surface area contributed by atoms with Crippen LogP contribution in [0, 0.1) is 28.4 Å². The van der Waals surface area contributed by atoms with Crippen LogP contribution >= 0.6 is 0 Å². The molecule has 0 N–H and O–H groups in total. The van der Waals surface area contributed by atoms with E-state index in [-0.39, 0.29) is 18.0 Å². The predicted octanol–water partition coefficient (Wildman–Crippen LogP) is 5.55. The molecule has 0 spiro atoms. The number of hydrogen-bond acceptors (Lipinski definition) is 4. The van der Waals surface area contributed by atoms with Crippen molar-refractivity contribution >= 4 is 17.3 Å². The Bertz CT molecular complexity index is 1050. The Hall–Kier alpha value is -3.91. The van der Waals surface area contributed by atoms with Gasteiger partial charge in [-0.05, 0) is 35.8 Å². The van der Waals surface area contributed by atoms with Gasteiger partial charge in [0.15, 0.2) is 5.75 Å². The minimum absolute atomic E-state index is 0.133. The molecule has 0 saturated carbocycles. The lowest BCUT2D eigenvalue weighted by Gasteiger charge is -2.08. The molecule has 0 amide bonds. The molecule has 5 heteroatoms. The number of rotatable bonds is 6. The van der Waals surface area contributed by atoms with Gasteiger partial charge >= 0.3 is 5.69 Å². The topological polar surface area (TPSA) is 76.2 Å². The Labute approximate surface area is 163 Å². The Kier molecular flexibility index (Phi) is 5.83. The van der Waals surface area contributed by atoms with Gasteiger partial charge in [0.2, 0.25) is 0 Å². The first-order valence-corrected chi connectivity index (χ1v) is 8.71. The third kappa shape index (κ3) is 4.63. The van der Waals surface area contributed by atoms with E-state index in [0.717, 1.165) is 16.7 Å². The number of hydrogen-bond donors (Lipinski definition) is 0. The van der Waals surface area contributed by atoms with Crippen molar-refractivity contribution in [3.63, 3.8) is 0 Å². The van der Waals surface area contributed by atoms with Crippen LogP contribution in [-0.2, 0) is 6.61 Å². The summed E-state index contributed by atoms with van der Waals surface area (Å²) >= 11 is 0. The predicted molar refractivity (Wildman–Crippen MR) is 109 cm³/mol. The number of nitro benzene ring substituents is 1. The largest absolute Gasteiger partial charge is 0.482 e. The second-order valence-corrected chi connectivity index (χ2v) is 6.29. The summed E-state index contributed by atoms with van der Waals surface area (Å²) in [5.74, 6) is 0.194. The summed E-state index contributed by atoms with van der Waals surface area (Å²) in [5, 5.41) is 21.0. The molecule has 0 unspecified atom stereocenters. The molecule has 0 aliphatic carbocycles. The molecule has 3 aromatic carbocycles. The summed E-state index contributed by atoms with van der Waals surface area (Å²) < 4.78 is 5.64. The van der Waals surface area contributed by atoms with Crippen LogP contribution in [0.5, 0.6) is 5.75 Å². The maximum absolute atomic E-state index is 11.5. The van der Waals surface area contributed by atoms with Crippen molar-refractivity contribution in [3.05, 3.63) is 105 Å². The number of nitriles is 1. The number of aryl methyl sites for hydroxylation is 1. The summed E-state index contributed by atoms with van der Waals surface area (Å²) in [5.41, 5.74) is 3.65.